The number of nitrogens with zero attached hydrogens (tertiary/aromatic N) is 1. The van der Waals surface area contributed by atoms with Crippen molar-refractivity contribution >= 4 is 21.6 Å². The Bertz CT molecular complexity index is 608. The van der Waals surface area contributed by atoms with Gasteiger partial charge in [0, 0.05) is 11.0 Å². The van der Waals surface area contributed by atoms with E-state index in [-0.39, 0.29) is 5.92 Å². The average molecular weight is 331 g/mol. The fraction of sp³-hybridized carbons (Fsp3) is 0.188. The lowest BCUT2D eigenvalue weighted by molar-refractivity contribution is 0.416. The van der Waals surface area contributed by atoms with Crippen LogP contribution < -0.4 is 10.1 Å². The van der Waals surface area contributed by atoms with Gasteiger partial charge in [-0.15, -0.1) is 0 Å². The molecular formula is C16H15BrN2O. The lowest BCUT2D eigenvalue weighted by atomic mass is 10.0. The zero-order valence-electron chi connectivity index (χ0n) is 11.1. The standard InChI is InChI=1S/C16H15BrN2O/c1-20-16-8-7-14(17)9-15(16)19-11-13(10-18)12-5-3-2-4-6-12/h2-9,13,19H,11H2,1H3. The normalized spacial score (nSPS) is 11.4. The Morgan fingerprint density at radius 1 is 1.25 bits per heavy atom. The lowest BCUT2D eigenvalue weighted by Crippen LogP contribution is -2.11. The summed E-state index contributed by atoms with van der Waals surface area (Å²) in [6.07, 6.45) is 0. The van der Waals surface area contributed by atoms with E-state index >= 15 is 0 Å². The van der Waals surface area contributed by atoms with Crippen molar-refractivity contribution in [1.29, 1.82) is 5.26 Å². The summed E-state index contributed by atoms with van der Waals surface area (Å²) in [5.74, 6) is 0.567. The molecule has 20 heavy (non-hydrogen) atoms. The summed E-state index contributed by atoms with van der Waals surface area (Å²) in [4.78, 5) is 0. The summed E-state index contributed by atoms with van der Waals surface area (Å²) in [6.45, 7) is 0.535. The fourth-order valence-corrected chi connectivity index (χ4v) is 2.31. The van der Waals surface area contributed by atoms with E-state index in [2.05, 4.69) is 27.3 Å². The van der Waals surface area contributed by atoms with Gasteiger partial charge in [0.15, 0.2) is 0 Å². The van der Waals surface area contributed by atoms with Gasteiger partial charge in [-0.05, 0) is 23.8 Å². The third-order valence-electron chi connectivity index (χ3n) is 3.02. The highest BCUT2D eigenvalue weighted by Crippen LogP contribution is 2.28. The third kappa shape index (κ3) is 3.52. The maximum Gasteiger partial charge on any atom is 0.142 e. The molecule has 4 heteroatoms. The number of anilines is 1. The number of nitrogens with one attached hydrogen (secondary N) is 1. The van der Waals surface area contributed by atoms with E-state index in [0.29, 0.717) is 6.54 Å². The molecule has 0 aliphatic heterocycles. The van der Waals surface area contributed by atoms with E-state index in [0.717, 1.165) is 21.5 Å². The highest BCUT2D eigenvalue weighted by atomic mass is 79.9. The van der Waals surface area contributed by atoms with Crippen LogP contribution in [0.5, 0.6) is 5.75 Å². The first-order valence-corrected chi connectivity index (χ1v) is 7.06. The van der Waals surface area contributed by atoms with E-state index in [1.54, 1.807) is 7.11 Å². The Morgan fingerprint density at radius 3 is 2.65 bits per heavy atom. The van der Waals surface area contributed by atoms with Gasteiger partial charge in [-0.2, -0.15) is 5.26 Å². The van der Waals surface area contributed by atoms with Crippen LogP contribution in [0, 0.1) is 11.3 Å². The van der Waals surface area contributed by atoms with Gasteiger partial charge >= 0.3 is 0 Å². The summed E-state index contributed by atoms with van der Waals surface area (Å²) < 4.78 is 6.27. The minimum atomic E-state index is -0.195. The Hall–Kier alpha value is -1.99. The third-order valence-corrected chi connectivity index (χ3v) is 3.51. The minimum Gasteiger partial charge on any atom is -0.495 e. The van der Waals surface area contributed by atoms with Crippen molar-refractivity contribution in [2.45, 2.75) is 5.92 Å². The van der Waals surface area contributed by atoms with E-state index in [1.807, 2.05) is 48.5 Å². The second kappa shape index (κ2) is 6.97. The van der Waals surface area contributed by atoms with Crippen molar-refractivity contribution in [3.8, 4) is 11.8 Å². The molecule has 102 valence electrons. The van der Waals surface area contributed by atoms with Crippen molar-refractivity contribution < 1.29 is 4.74 Å². The SMILES string of the molecule is COc1ccc(Br)cc1NCC(C#N)c1ccccc1. The number of ether oxygens (including phenoxy) is 1. The van der Waals surface area contributed by atoms with Gasteiger partial charge in [-0.3, -0.25) is 0 Å². The zero-order chi connectivity index (χ0) is 14.4. The summed E-state index contributed by atoms with van der Waals surface area (Å²) in [6, 6.07) is 17.8. The Balaban J connectivity index is 2.12. The summed E-state index contributed by atoms with van der Waals surface area (Å²) >= 11 is 3.43. The molecule has 0 heterocycles. The highest BCUT2D eigenvalue weighted by molar-refractivity contribution is 9.10. The Kier molecular flexibility index (Phi) is 5.03. The molecule has 0 aliphatic rings. The van der Waals surface area contributed by atoms with Crippen LogP contribution in [0.25, 0.3) is 0 Å². The maximum atomic E-state index is 9.31. The zero-order valence-corrected chi connectivity index (χ0v) is 12.7. The van der Waals surface area contributed by atoms with Gasteiger partial charge in [0.1, 0.15) is 5.75 Å². The molecule has 0 saturated heterocycles. The molecule has 1 N–H and O–H groups in total. The van der Waals surface area contributed by atoms with Crippen molar-refractivity contribution in [1.82, 2.24) is 0 Å². The average Bonchev–Trinajstić information content (AvgIpc) is 2.49. The first-order valence-electron chi connectivity index (χ1n) is 6.26. The summed E-state index contributed by atoms with van der Waals surface area (Å²) in [5, 5.41) is 12.6. The van der Waals surface area contributed by atoms with Crippen LogP contribution in [-0.2, 0) is 0 Å². The number of hydrogen-bond donors (Lipinski definition) is 1. The molecular weight excluding hydrogens is 316 g/mol. The van der Waals surface area contributed by atoms with Crippen LogP contribution in [0.4, 0.5) is 5.69 Å². The number of benzene rings is 2. The first-order chi connectivity index (χ1) is 9.74. The summed E-state index contributed by atoms with van der Waals surface area (Å²) in [7, 11) is 1.63. The number of methoxy groups -OCH3 is 1. The molecule has 3 nitrogen and oxygen atoms in total. The Labute approximate surface area is 127 Å². The molecule has 1 unspecified atom stereocenters. The predicted octanol–water partition coefficient (Wildman–Crippen LogP) is 4.18. The summed E-state index contributed by atoms with van der Waals surface area (Å²) in [5.41, 5.74) is 1.88. The molecule has 2 rings (SSSR count). The largest absolute Gasteiger partial charge is 0.495 e. The number of hydrogen-bond acceptors (Lipinski definition) is 3. The van der Waals surface area contributed by atoms with E-state index in [1.165, 1.54) is 0 Å². The van der Waals surface area contributed by atoms with E-state index < -0.39 is 0 Å². The number of nitriles is 1. The molecule has 0 radical (unpaired) electrons. The molecule has 0 aliphatic carbocycles. The van der Waals surface area contributed by atoms with Gasteiger partial charge in [-0.25, -0.2) is 0 Å². The Morgan fingerprint density at radius 2 is 2.00 bits per heavy atom. The molecule has 0 saturated carbocycles. The van der Waals surface area contributed by atoms with Gasteiger partial charge in [-0.1, -0.05) is 46.3 Å². The van der Waals surface area contributed by atoms with Gasteiger partial charge in [0.25, 0.3) is 0 Å². The predicted molar refractivity (Wildman–Crippen MR) is 84.0 cm³/mol. The maximum absolute atomic E-state index is 9.31. The molecule has 0 spiro atoms. The van der Waals surface area contributed by atoms with Crippen LogP contribution >= 0.6 is 15.9 Å². The lowest BCUT2D eigenvalue weighted by Gasteiger charge is -2.14. The number of rotatable bonds is 5. The monoisotopic (exact) mass is 330 g/mol. The molecule has 2 aromatic carbocycles. The molecule has 0 bridgehead atoms. The smallest absolute Gasteiger partial charge is 0.142 e. The molecule has 0 aromatic heterocycles. The first kappa shape index (κ1) is 14.4. The van der Waals surface area contributed by atoms with Crippen LogP contribution in [0.2, 0.25) is 0 Å². The quantitative estimate of drug-likeness (QED) is 0.894. The number of halogens is 1. The van der Waals surface area contributed by atoms with Crippen molar-refractivity contribution in [3.05, 3.63) is 58.6 Å². The van der Waals surface area contributed by atoms with E-state index in [9.17, 15) is 5.26 Å². The molecule has 0 amide bonds. The van der Waals surface area contributed by atoms with Crippen LogP contribution in [0.3, 0.4) is 0 Å². The highest BCUT2D eigenvalue weighted by Gasteiger charge is 2.11. The van der Waals surface area contributed by atoms with Crippen molar-refractivity contribution in [2.75, 3.05) is 19.0 Å². The van der Waals surface area contributed by atoms with Crippen LogP contribution in [0.15, 0.2) is 53.0 Å². The van der Waals surface area contributed by atoms with Gasteiger partial charge < -0.3 is 10.1 Å². The second-order valence-electron chi connectivity index (χ2n) is 4.32. The molecule has 1 atom stereocenters. The van der Waals surface area contributed by atoms with Crippen LogP contribution in [0.1, 0.15) is 11.5 Å². The van der Waals surface area contributed by atoms with Gasteiger partial charge in [0.2, 0.25) is 0 Å². The van der Waals surface area contributed by atoms with Crippen molar-refractivity contribution in [2.24, 2.45) is 0 Å². The second-order valence-corrected chi connectivity index (χ2v) is 5.23. The fourth-order valence-electron chi connectivity index (χ4n) is 1.95. The molecule has 2 aromatic rings. The molecule has 0 fully saturated rings. The topological polar surface area (TPSA) is 45.0 Å². The van der Waals surface area contributed by atoms with Gasteiger partial charge in [0.05, 0.1) is 24.8 Å². The van der Waals surface area contributed by atoms with Crippen LogP contribution in [-0.4, -0.2) is 13.7 Å². The minimum absolute atomic E-state index is 0.195. The van der Waals surface area contributed by atoms with Crippen molar-refractivity contribution in [3.63, 3.8) is 0 Å². The van der Waals surface area contributed by atoms with E-state index in [4.69, 9.17) is 4.74 Å².